The van der Waals surface area contributed by atoms with Gasteiger partial charge in [-0.2, -0.15) is 13.2 Å². The maximum atomic E-state index is 12.8. The molecule has 1 aromatic carbocycles. The standard InChI is InChI=1S/C21H24F3N3O3/c1-12(2)27-17(9-19(26-27)29-11-21(22,23)24)18(28)7-13-3-5-14(6-4-13)20-16-8-15(30-20)10-25-16/h3-6,9,12,15-16,20,25H,7-8,10-11H2,1-2H3/t15?,16-,20?/m0/s1. The van der Waals surface area contributed by atoms with Crippen molar-refractivity contribution in [2.75, 3.05) is 13.2 Å². The molecule has 2 saturated heterocycles. The monoisotopic (exact) mass is 423 g/mol. The predicted octanol–water partition coefficient (Wildman–Crippen LogP) is 3.63. The van der Waals surface area contributed by atoms with E-state index < -0.39 is 12.8 Å². The zero-order chi connectivity index (χ0) is 21.5. The lowest BCUT2D eigenvalue weighted by atomic mass is 9.99. The summed E-state index contributed by atoms with van der Waals surface area (Å²) in [4.78, 5) is 12.8. The predicted molar refractivity (Wildman–Crippen MR) is 103 cm³/mol. The molecule has 1 aromatic heterocycles. The molecule has 3 atom stereocenters. The maximum Gasteiger partial charge on any atom is 0.422 e. The summed E-state index contributed by atoms with van der Waals surface area (Å²) in [5, 5.41) is 7.45. The van der Waals surface area contributed by atoms with Gasteiger partial charge in [0.1, 0.15) is 5.69 Å². The number of nitrogens with one attached hydrogen (secondary N) is 1. The minimum Gasteiger partial charge on any atom is -0.467 e. The quantitative estimate of drug-likeness (QED) is 0.689. The first-order valence-corrected chi connectivity index (χ1v) is 9.99. The number of carbonyl (C=O) groups excluding carboxylic acids is 1. The van der Waals surface area contributed by atoms with Crippen LogP contribution in [0.4, 0.5) is 13.2 Å². The van der Waals surface area contributed by atoms with Gasteiger partial charge >= 0.3 is 6.18 Å². The first-order chi connectivity index (χ1) is 14.2. The number of ketones is 1. The first kappa shape index (κ1) is 20.9. The van der Waals surface area contributed by atoms with Crippen LogP contribution in [0, 0.1) is 0 Å². The Hall–Kier alpha value is -2.39. The van der Waals surface area contributed by atoms with Crippen LogP contribution in [0.15, 0.2) is 30.3 Å². The second-order valence-corrected chi connectivity index (χ2v) is 8.08. The first-order valence-electron chi connectivity index (χ1n) is 9.99. The number of ether oxygens (including phenoxy) is 2. The Labute approximate surface area is 172 Å². The second kappa shape index (κ2) is 8.03. The molecule has 2 bridgehead atoms. The van der Waals surface area contributed by atoms with Crippen molar-refractivity contribution in [3.63, 3.8) is 0 Å². The van der Waals surface area contributed by atoms with Crippen molar-refractivity contribution >= 4 is 5.78 Å². The smallest absolute Gasteiger partial charge is 0.422 e. The molecule has 0 spiro atoms. The summed E-state index contributed by atoms with van der Waals surface area (Å²) in [6.07, 6.45) is -3.03. The molecule has 3 heterocycles. The van der Waals surface area contributed by atoms with Gasteiger partial charge in [-0.15, -0.1) is 5.10 Å². The van der Waals surface area contributed by atoms with Crippen molar-refractivity contribution < 1.29 is 27.4 Å². The Morgan fingerprint density at radius 1 is 1.33 bits per heavy atom. The zero-order valence-electron chi connectivity index (χ0n) is 16.8. The van der Waals surface area contributed by atoms with Crippen molar-refractivity contribution in [3.8, 4) is 5.88 Å². The molecule has 2 aliphatic heterocycles. The van der Waals surface area contributed by atoms with Crippen molar-refractivity contribution in [1.29, 1.82) is 0 Å². The largest absolute Gasteiger partial charge is 0.467 e. The number of fused-ring (bicyclic) bond motifs is 2. The number of rotatable bonds is 7. The van der Waals surface area contributed by atoms with Crippen molar-refractivity contribution in [3.05, 3.63) is 47.2 Å². The fraction of sp³-hybridized carbons (Fsp3) is 0.524. The van der Waals surface area contributed by atoms with Gasteiger partial charge in [0.25, 0.3) is 0 Å². The zero-order valence-corrected chi connectivity index (χ0v) is 16.8. The van der Waals surface area contributed by atoms with Gasteiger partial charge in [-0.3, -0.25) is 9.48 Å². The highest BCUT2D eigenvalue weighted by Gasteiger charge is 2.41. The molecule has 4 rings (SSSR count). The van der Waals surface area contributed by atoms with Crippen LogP contribution in [0.1, 0.15) is 54.0 Å². The van der Waals surface area contributed by atoms with Gasteiger partial charge in [-0.05, 0) is 31.4 Å². The maximum absolute atomic E-state index is 12.8. The lowest BCUT2D eigenvalue weighted by molar-refractivity contribution is -0.154. The van der Waals surface area contributed by atoms with Crippen LogP contribution in [-0.4, -0.2) is 47.0 Å². The number of halogens is 3. The molecule has 2 fully saturated rings. The third-order valence-electron chi connectivity index (χ3n) is 5.37. The molecule has 9 heteroatoms. The molecule has 2 aromatic rings. The van der Waals surface area contributed by atoms with Gasteiger partial charge in [0.05, 0.1) is 12.2 Å². The topological polar surface area (TPSA) is 65.4 Å². The van der Waals surface area contributed by atoms with Gasteiger partial charge in [-0.1, -0.05) is 24.3 Å². The SMILES string of the molecule is CC(C)n1nc(OCC(F)(F)F)cc1C(=O)Cc1ccc(C2OC3CN[C@H]2C3)cc1. The minimum absolute atomic E-state index is 0.0317. The molecule has 162 valence electrons. The van der Waals surface area contributed by atoms with Crippen LogP contribution in [0.5, 0.6) is 5.88 Å². The van der Waals surface area contributed by atoms with E-state index in [0.29, 0.717) is 6.04 Å². The van der Waals surface area contributed by atoms with Gasteiger partial charge in [0.15, 0.2) is 12.4 Å². The van der Waals surface area contributed by atoms with Crippen molar-refractivity contribution in [2.45, 2.75) is 57.2 Å². The Morgan fingerprint density at radius 3 is 2.63 bits per heavy atom. The van der Waals surface area contributed by atoms with E-state index in [1.54, 1.807) is 13.8 Å². The molecule has 6 nitrogen and oxygen atoms in total. The lowest BCUT2D eigenvalue weighted by Gasteiger charge is -2.23. The Bertz CT molecular complexity index is 908. The number of hydrogen-bond acceptors (Lipinski definition) is 5. The molecule has 2 aliphatic rings. The number of carbonyl (C=O) groups is 1. The van der Waals surface area contributed by atoms with Crippen molar-refractivity contribution in [2.24, 2.45) is 0 Å². The summed E-state index contributed by atoms with van der Waals surface area (Å²) in [6, 6.07) is 9.12. The van der Waals surface area contributed by atoms with E-state index in [1.807, 2.05) is 24.3 Å². The van der Waals surface area contributed by atoms with Crippen molar-refractivity contribution in [1.82, 2.24) is 15.1 Å². The number of Topliss-reactive ketones (excluding diaryl/α,β-unsaturated/α-hetero) is 1. The van der Waals surface area contributed by atoms with Gasteiger partial charge < -0.3 is 14.8 Å². The molecule has 0 radical (unpaired) electrons. The molecule has 30 heavy (non-hydrogen) atoms. The van der Waals surface area contributed by atoms with Crippen LogP contribution in [0.3, 0.4) is 0 Å². The molecule has 1 N–H and O–H groups in total. The second-order valence-electron chi connectivity index (χ2n) is 8.08. The summed E-state index contributed by atoms with van der Waals surface area (Å²) < 4.78 is 49.3. The highest BCUT2D eigenvalue weighted by molar-refractivity contribution is 5.96. The number of hydrogen-bond donors (Lipinski definition) is 1. The van der Waals surface area contributed by atoms with E-state index in [2.05, 4.69) is 10.4 Å². The molecule has 2 unspecified atom stereocenters. The van der Waals surface area contributed by atoms with E-state index >= 15 is 0 Å². The summed E-state index contributed by atoms with van der Waals surface area (Å²) in [7, 11) is 0. The normalized spacial score (nSPS) is 23.3. The Balaban J connectivity index is 1.44. The van der Waals surface area contributed by atoms with E-state index in [1.165, 1.54) is 10.7 Å². The van der Waals surface area contributed by atoms with E-state index in [9.17, 15) is 18.0 Å². The molecular weight excluding hydrogens is 399 g/mol. The highest BCUT2D eigenvalue weighted by atomic mass is 19.4. The number of benzene rings is 1. The third-order valence-corrected chi connectivity index (χ3v) is 5.37. The molecule has 0 saturated carbocycles. The van der Waals surface area contributed by atoms with E-state index in [0.717, 1.165) is 24.1 Å². The summed E-state index contributed by atoms with van der Waals surface area (Å²) in [6.45, 7) is 3.05. The lowest BCUT2D eigenvalue weighted by Crippen LogP contribution is -2.33. The number of alkyl halides is 3. The Morgan fingerprint density at radius 2 is 2.07 bits per heavy atom. The molecule has 0 amide bonds. The third kappa shape index (κ3) is 4.52. The van der Waals surface area contributed by atoms with Gasteiger partial charge in [0.2, 0.25) is 5.88 Å². The van der Waals surface area contributed by atoms with E-state index in [4.69, 9.17) is 9.47 Å². The minimum atomic E-state index is -4.47. The van der Waals surface area contributed by atoms with E-state index in [-0.39, 0.29) is 42.0 Å². The fourth-order valence-electron chi connectivity index (χ4n) is 3.98. The number of aromatic nitrogens is 2. The summed E-state index contributed by atoms with van der Waals surface area (Å²) in [5.74, 6) is -0.440. The summed E-state index contributed by atoms with van der Waals surface area (Å²) in [5.41, 5.74) is 2.11. The number of nitrogens with zero attached hydrogens (tertiary/aromatic N) is 2. The summed E-state index contributed by atoms with van der Waals surface area (Å²) >= 11 is 0. The molecular formula is C21H24F3N3O3. The molecule has 0 aliphatic carbocycles. The van der Waals surface area contributed by atoms with Crippen LogP contribution < -0.4 is 10.1 Å². The fourth-order valence-corrected chi connectivity index (χ4v) is 3.98. The average molecular weight is 423 g/mol. The van der Waals surface area contributed by atoms with Gasteiger partial charge in [-0.25, -0.2) is 0 Å². The highest BCUT2D eigenvalue weighted by Crippen LogP contribution is 2.36. The average Bonchev–Trinajstić information content (AvgIpc) is 3.41. The van der Waals surface area contributed by atoms with Crippen LogP contribution in [0.25, 0.3) is 0 Å². The number of morpholine rings is 1. The Kier molecular flexibility index (Phi) is 5.59. The van der Waals surface area contributed by atoms with Gasteiger partial charge in [0, 0.05) is 31.1 Å². The van der Waals surface area contributed by atoms with Crippen LogP contribution >= 0.6 is 0 Å². The van der Waals surface area contributed by atoms with Crippen LogP contribution in [0.2, 0.25) is 0 Å². The van der Waals surface area contributed by atoms with Crippen LogP contribution in [-0.2, 0) is 11.2 Å².